The first-order chi connectivity index (χ1) is 12.8. The van der Waals surface area contributed by atoms with Gasteiger partial charge in [0.15, 0.2) is 6.23 Å². The molecule has 160 valence electrons. The van der Waals surface area contributed by atoms with Gasteiger partial charge in [0.2, 0.25) is 0 Å². The third kappa shape index (κ3) is 5.91. The summed E-state index contributed by atoms with van der Waals surface area (Å²) in [5.41, 5.74) is 4.46. The fourth-order valence-corrected chi connectivity index (χ4v) is 5.06. The molecule has 1 saturated heterocycles. The maximum atomic E-state index is 11.8. The molecule has 2 heterocycles. The van der Waals surface area contributed by atoms with E-state index in [0.717, 1.165) is 17.7 Å². The van der Waals surface area contributed by atoms with Crippen molar-refractivity contribution in [1.29, 1.82) is 0 Å². The molecule has 0 spiro atoms. The molecule has 3 unspecified atom stereocenters. The molecule has 5 N–H and O–H groups in total. The van der Waals surface area contributed by atoms with Crippen LogP contribution in [-0.2, 0) is 22.7 Å². The maximum Gasteiger partial charge on any atom is 0.351 e. The van der Waals surface area contributed by atoms with Crippen LogP contribution in [0.2, 0.25) is 0 Å². The molecule has 1 aliphatic rings. The monoisotopic (exact) mass is 443 g/mol. The fraction of sp³-hybridized carbons (Fsp3) is 0.667. The van der Waals surface area contributed by atoms with Crippen LogP contribution in [0.25, 0.3) is 0 Å². The molecule has 0 radical (unpaired) electrons. The van der Waals surface area contributed by atoms with Gasteiger partial charge in [0, 0.05) is 12.4 Å². The van der Waals surface area contributed by atoms with Gasteiger partial charge in [-0.05, 0) is 13.0 Å². The Morgan fingerprint density at radius 2 is 2.04 bits per heavy atom. The summed E-state index contributed by atoms with van der Waals surface area (Å²) in [4.78, 5) is 38.4. The summed E-state index contributed by atoms with van der Waals surface area (Å²) in [6.07, 6.45) is -7.37. The second-order valence-electron chi connectivity index (χ2n) is 6.06. The molecule has 1 fully saturated rings. The predicted octanol–water partition coefficient (Wildman–Crippen LogP) is -3.12. The van der Waals surface area contributed by atoms with Crippen LogP contribution in [0.5, 0.6) is 0 Å². The quantitative estimate of drug-likeness (QED) is 0.292. The smallest absolute Gasteiger partial charge is 0.351 e. The molecule has 28 heavy (non-hydrogen) atoms. The Hall–Kier alpha value is -1.18. The number of hydrogen-bond donors (Lipinski definition) is 4. The molecular formula is C12H19N3O11P2-2. The lowest BCUT2D eigenvalue weighted by Gasteiger charge is -2.32. The summed E-state index contributed by atoms with van der Waals surface area (Å²) in [7, 11) is -10.3. The molecule has 16 heteroatoms. The maximum absolute atomic E-state index is 11.8. The standard InChI is InChI=1S/C12H21N3O11P2/c1-6(16)5-27(20,21)26-28(22,23)24-4-7-9(17)10(18)11(25-7)15-3-2-8(13)14-12(15)19/h2-3,6-7,9-11,16-18H,4-5H2,1H3,(H,20,21)(H,22,23)(H2,13,14,19)/p-2/t6?,7-,9-,10-,11-/m1/s1. The Labute approximate surface area is 158 Å². The van der Waals surface area contributed by atoms with Gasteiger partial charge in [0.05, 0.1) is 12.7 Å². The Bertz CT molecular complexity index is 846. The number of nitrogens with two attached hydrogens (primary N) is 1. The first kappa shape index (κ1) is 23.1. The van der Waals surface area contributed by atoms with E-state index in [9.17, 15) is 33.9 Å². The van der Waals surface area contributed by atoms with Crippen molar-refractivity contribution in [1.82, 2.24) is 9.55 Å². The van der Waals surface area contributed by atoms with Crippen molar-refractivity contribution >= 4 is 21.2 Å². The first-order valence-electron chi connectivity index (χ1n) is 7.82. The van der Waals surface area contributed by atoms with Gasteiger partial charge in [0.25, 0.3) is 7.82 Å². The molecule has 1 aromatic heterocycles. The Morgan fingerprint density at radius 1 is 1.39 bits per heavy atom. The minimum absolute atomic E-state index is 0.0853. The summed E-state index contributed by atoms with van der Waals surface area (Å²) >= 11 is 0. The molecule has 14 nitrogen and oxygen atoms in total. The predicted molar refractivity (Wildman–Crippen MR) is 87.6 cm³/mol. The molecule has 2 rings (SSSR count). The van der Waals surface area contributed by atoms with E-state index in [1.54, 1.807) is 0 Å². The van der Waals surface area contributed by atoms with E-state index < -0.39 is 64.5 Å². The van der Waals surface area contributed by atoms with Crippen LogP contribution in [-0.4, -0.2) is 62.1 Å². The number of ether oxygens (including phenoxy) is 1. The largest absolute Gasteiger partial charge is 0.778 e. The van der Waals surface area contributed by atoms with Gasteiger partial charge in [-0.2, -0.15) is 4.98 Å². The van der Waals surface area contributed by atoms with E-state index in [2.05, 4.69) is 13.8 Å². The summed E-state index contributed by atoms with van der Waals surface area (Å²) in [5, 5.41) is 29.0. The van der Waals surface area contributed by atoms with Crippen molar-refractivity contribution in [3.05, 3.63) is 22.7 Å². The topological polar surface area (TPSA) is 230 Å². The van der Waals surface area contributed by atoms with E-state index in [0.29, 0.717) is 0 Å². The van der Waals surface area contributed by atoms with Crippen LogP contribution >= 0.6 is 15.4 Å². The number of rotatable bonds is 8. The van der Waals surface area contributed by atoms with Crippen molar-refractivity contribution in [2.75, 3.05) is 18.5 Å². The number of aromatic nitrogens is 2. The lowest BCUT2D eigenvalue weighted by molar-refractivity contribution is -0.234. The summed E-state index contributed by atoms with van der Waals surface area (Å²) < 4.78 is 37.5. The normalized spacial score (nSPS) is 30.5. The minimum Gasteiger partial charge on any atom is -0.778 e. The van der Waals surface area contributed by atoms with E-state index in [4.69, 9.17) is 15.6 Å². The van der Waals surface area contributed by atoms with Crippen LogP contribution in [0.4, 0.5) is 5.82 Å². The Morgan fingerprint density at radius 3 is 2.61 bits per heavy atom. The Kier molecular flexibility index (Phi) is 7.16. The van der Waals surface area contributed by atoms with Crippen molar-refractivity contribution in [2.24, 2.45) is 0 Å². The van der Waals surface area contributed by atoms with E-state index in [1.165, 1.54) is 6.07 Å². The lowest BCUT2D eigenvalue weighted by atomic mass is 10.1. The van der Waals surface area contributed by atoms with Crippen molar-refractivity contribution < 1.29 is 47.8 Å². The highest BCUT2D eigenvalue weighted by molar-refractivity contribution is 7.62. The highest BCUT2D eigenvalue weighted by atomic mass is 31.3. The number of nitrogens with zero attached hydrogens (tertiary/aromatic N) is 2. The van der Waals surface area contributed by atoms with Crippen LogP contribution in [0.1, 0.15) is 13.2 Å². The number of phosphoric acid groups is 1. The van der Waals surface area contributed by atoms with Crippen molar-refractivity contribution in [3.8, 4) is 0 Å². The number of aliphatic hydroxyl groups is 3. The molecule has 7 atom stereocenters. The summed E-state index contributed by atoms with van der Waals surface area (Å²) in [5.74, 6) is -0.0853. The second kappa shape index (κ2) is 8.67. The lowest BCUT2D eigenvalue weighted by Crippen LogP contribution is -2.36. The summed E-state index contributed by atoms with van der Waals surface area (Å²) in [6.45, 7) is 0.198. The van der Waals surface area contributed by atoms with Crippen LogP contribution in [0, 0.1) is 0 Å². The molecule has 0 bridgehead atoms. The van der Waals surface area contributed by atoms with Crippen LogP contribution < -0.4 is 21.2 Å². The zero-order chi connectivity index (χ0) is 21.3. The SMILES string of the molecule is CC(O)CP(=O)([O-])OP(=O)([O-])OC[C@H]1O[C@@H](n2ccc(N)nc2=O)[C@H](O)[C@@H]1O. The molecule has 0 amide bonds. The van der Waals surface area contributed by atoms with Gasteiger partial charge in [-0.3, -0.25) is 13.4 Å². The molecule has 1 aromatic rings. The highest BCUT2D eigenvalue weighted by Gasteiger charge is 2.44. The average molecular weight is 443 g/mol. The molecule has 1 aliphatic heterocycles. The van der Waals surface area contributed by atoms with Gasteiger partial charge < -0.3 is 44.7 Å². The zero-order valence-electron chi connectivity index (χ0n) is 14.4. The third-order valence-corrected chi connectivity index (χ3v) is 6.81. The number of anilines is 1. The molecule has 0 aliphatic carbocycles. The van der Waals surface area contributed by atoms with Crippen LogP contribution in [0.15, 0.2) is 17.1 Å². The van der Waals surface area contributed by atoms with Crippen molar-refractivity contribution in [3.63, 3.8) is 0 Å². The first-order valence-corrected chi connectivity index (χ1v) is 11.0. The molecule has 0 saturated carbocycles. The number of phosphoric ester groups is 1. The van der Waals surface area contributed by atoms with Crippen molar-refractivity contribution in [2.45, 2.75) is 37.6 Å². The third-order valence-electron chi connectivity index (χ3n) is 3.57. The Balaban J connectivity index is 2.04. The number of hydrogen-bond acceptors (Lipinski definition) is 13. The molecule has 0 aromatic carbocycles. The zero-order valence-corrected chi connectivity index (χ0v) is 16.2. The van der Waals surface area contributed by atoms with E-state index in [-0.39, 0.29) is 5.82 Å². The van der Waals surface area contributed by atoms with Gasteiger partial charge >= 0.3 is 5.69 Å². The fourth-order valence-electron chi connectivity index (χ4n) is 2.41. The van der Waals surface area contributed by atoms with Gasteiger partial charge in [0.1, 0.15) is 31.7 Å². The molecular weight excluding hydrogens is 424 g/mol. The number of nitrogen functional groups attached to an aromatic ring is 1. The number of aliphatic hydroxyl groups excluding tert-OH is 3. The van der Waals surface area contributed by atoms with E-state index in [1.807, 2.05) is 0 Å². The van der Waals surface area contributed by atoms with Crippen LogP contribution in [0.3, 0.4) is 0 Å². The van der Waals surface area contributed by atoms with E-state index >= 15 is 0 Å². The van der Waals surface area contributed by atoms with Gasteiger partial charge in [-0.15, -0.1) is 0 Å². The highest BCUT2D eigenvalue weighted by Crippen LogP contribution is 2.55. The van der Waals surface area contributed by atoms with Gasteiger partial charge in [-0.25, -0.2) is 4.79 Å². The summed E-state index contributed by atoms with van der Waals surface area (Å²) in [6, 6.07) is 1.24. The minimum atomic E-state index is -5.38. The van der Waals surface area contributed by atoms with Gasteiger partial charge in [-0.1, -0.05) is 0 Å². The average Bonchev–Trinajstić information content (AvgIpc) is 2.79. The second-order valence-corrected chi connectivity index (χ2v) is 9.45.